The van der Waals surface area contributed by atoms with Crippen molar-refractivity contribution in [3.8, 4) is 6.07 Å². The molecule has 0 aliphatic heterocycles. The van der Waals surface area contributed by atoms with Crippen LogP contribution in [-0.4, -0.2) is 6.04 Å². The summed E-state index contributed by atoms with van der Waals surface area (Å²) in [7, 11) is 0. The van der Waals surface area contributed by atoms with Gasteiger partial charge in [0.05, 0.1) is 12.1 Å². The van der Waals surface area contributed by atoms with Crippen LogP contribution in [0.15, 0.2) is 23.8 Å². The first-order chi connectivity index (χ1) is 7.69. The molecule has 16 heavy (non-hydrogen) atoms. The van der Waals surface area contributed by atoms with Gasteiger partial charge in [-0.15, -0.1) is 0 Å². The topological polar surface area (TPSA) is 49.8 Å². The van der Waals surface area contributed by atoms with E-state index in [9.17, 15) is 0 Å². The van der Waals surface area contributed by atoms with Crippen molar-refractivity contribution in [2.75, 3.05) is 0 Å². The highest BCUT2D eigenvalue weighted by molar-refractivity contribution is 5.60. The lowest BCUT2D eigenvalue weighted by atomic mass is 9.89. The Morgan fingerprint density at radius 3 is 3.00 bits per heavy atom. The molecule has 0 amide bonds. The molecule has 0 bridgehead atoms. The van der Waals surface area contributed by atoms with Crippen LogP contribution in [0.2, 0.25) is 0 Å². The van der Waals surface area contributed by atoms with E-state index in [0.29, 0.717) is 6.42 Å². The van der Waals surface area contributed by atoms with Gasteiger partial charge in [-0.1, -0.05) is 35.4 Å². The fraction of sp³-hybridized carbons (Fsp3) is 0.357. The second kappa shape index (κ2) is 4.51. The Hall–Kier alpha value is -1.59. The fourth-order valence-corrected chi connectivity index (χ4v) is 2.15. The number of nitrogens with zero attached hydrogens (tertiary/aromatic N) is 1. The summed E-state index contributed by atoms with van der Waals surface area (Å²) in [5.41, 5.74) is 10.9. The first-order valence-corrected chi connectivity index (χ1v) is 5.63. The molecule has 0 aromatic heterocycles. The SMILES string of the molecule is Cc1ccc2c(c1)C=C(CC(N)C#N)CC2. The Morgan fingerprint density at radius 2 is 2.25 bits per heavy atom. The summed E-state index contributed by atoms with van der Waals surface area (Å²) in [5.74, 6) is 0. The molecule has 2 N–H and O–H groups in total. The quantitative estimate of drug-likeness (QED) is 0.819. The third kappa shape index (κ3) is 2.32. The lowest BCUT2D eigenvalue weighted by Gasteiger charge is -2.17. The maximum Gasteiger partial charge on any atom is 0.0965 e. The molecule has 82 valence electrons. The van der Waals surface area contributed by atoms with Gasteiger partial charge in [0.25, 0.3) is 0 Å². The van der Waals surface area contributed by atoms with Crippen LogP contribution in [-0.2, 0) is 6.42 Å². The molecule has 1 unspecified atom stereocenters. The molecule has 1 aromatic carbocycles. The normalized spacial score (nSPS) is 15.9. The van der Waals surface area contributed by atoms with Crippen molar-refractivity contribution in [2.24, 2.45) is 5.73 Å². The van der Waals surface area contributed by atoms with Crippen LogP contribution in [0.1, 0.15) is 29.5 Å². The molecular formula is C14H16N2. The zero-order valence-electron chi connectivity index (χ0n) is 9.53. The van der Waals surface area contributed by atoms with Gasteiger partial charge in [-0.25, -0.2) is 0 Å². The van der Waals surface area contributed by atoms with E-state index in [1.807, 2.05) is 0 Å². The predicted molar refractivity (Wildman–Crippen MR) is 65.7 cm³/mol. The number of nitrogens with two attached hydrogens (primary N) is 1. The van der Waals surface area contributed by atoms with Crippen LogP contribution in [0.3, 0.4) is 0 Å². The van der Waals surface area contributed by atoms with E-state index in [1.54, 1.807) is 0 Å². The molecular weight excluding hydrogens is 196 g/mol. The second-order valence-corrected chi connectivity index (χ2v) is 4.44. The monoisotopic (exact) mass is 212 g/mol. The molecule has 2 rings (SSSR count). The largest absolute Gasteiger partial charge is 0.316 e. The van der Waals surface area contributed by atoms with E-state index < -0.39 is 0 Å². The van der Waals surface area contributed by atoms with Crippen molar-refractivity contribution >= 4 is 6.08 Å². The van der Waals surface area contributed by atoms with Crippen LogP contribution in [0, 0.1) is 18.3 Å². The van der Waals surface area contributed by atoms with Gasteiger partial charge in [-0.3, -0.25) is 0 Å². The summed E-state index contributed by atoms with van der Waals surface area (Å²) >= 11 is 0. The minimum Gasteiger partial charge on any atom is -0.316 e. The van der Waals surface area contributed by atoms with Crippen LogP contribution in [0.25, 0.3) is 6.08 Å². The summed E-state index contributed by atoms with van der Waals surface area (Å²) in [4.78, 5) is 0. The lowest BCUT2D eigenvalue weighted by molar-refractivity contribution is 0.763. The number of benzene rings is 1. The van der Waals surface area contributed by atoms with E-state index >= 15 is 0 Å². The third-order valence-corrected chi connectivity index (χ3v) is 3.02. The smallest absolute Gasteiger partial charge is 0.0965 e. The van der Waals surface area contributed by atoms with Gasteiger partial charge < -0.3 is 5.73 Å². The molecule has 0 saturated carbocycles. The molecule has 2 nitrogen and oxygen atoms in total. The summed E-state index contributed by atoms with van der Waals surface area (Å²) in [6, 6.07) is 8.27. The zero-order chi connectivity index (χ0) is 11.5. The Kier molecular flexibility index (Phi) is 3.07. The predicted octanol–water partition coefficient (Wildman–Crippen LogP) is 2.57. The van der Waals surface area contributed by atoms with Gasteiger partial charge in [-0.05, 0) is 37.3 Å². The highest BCUT2D eigenvalue weighted by atomic mass is 14.6. The first kappa shape index (κ1) is 10.9. The molecule has 1 atom stereocenters. The molecule has 0 saturated heterocycles. The molecule has 0 radical (unpaired) electrons. The van der Waals surface area contributed by atoms with E-state index in [1.165, 1.54) is 22.3 Å². The minimum atomic E-state index is -0.363. The Morgan fingerprint density at radius 1 is 1.44 bits per heavy atom. The number of rotatable bonds is 2. The van der Waals surface area contributed by atoms with E-state index in [4.69, 9.17) is 11.0 Å². The summed E-state index contributed by atoms with van der Waals surface area (Å²) in [5, 5.41) is 8.70. The van der Waals surface area contributed by atoms with Crippen molar-refractivity contribution in [2.45, 2.75) is 32.2 Å². The van der Waals surface area contributed by atoms with Gasteiger partial charge in [0.2, 0.25) is 0 Å². The molecule has 0 heterocycles. The average molecular weight is 212 g/mol. The number of hydrogen-bond donors (Lipinski definition) is 1. The molecule has 0 spiro atoms. The Bertz CT molecular complexity index is 466. The minimum absolute atomic E-state index is 0.363. The van der Waals surface area contributed by atoms with E-state index in [0.717, 1.165) is 12.8 Å². The zero-order valence-corrected chi connectivity index (χ0v) is 9.53. The third-order valence-electron chi connectivity index (χ3n) is 3.02. The molecule has 1 aliphatic carbocycles. The Balaban J connectivity index is 2.24. The van der Waals surface area contributed by atoms with Gasteiger partial charge >= 0.3 is 0 Å². The van der Waals surface area contributed by atoms with Crippen molar-refractivity contribution in [3.63, 3.8) is 0 Å². The fourth-order valence-electron chi connectivity index (χ4n) is 2.15. The summed E-state index contributed by atoms with van der Waals surface area (Å²) in [6.45, 7) is 2.10. The first-order valence-electron chi connectivity index (χ1n) is 5.63. The van der Waals surface area contributed by atoms with Crippen molar-refractivity contribution in [1.82, 2.24) is 0 Å². The van der Waals surface area contributed by atoms with Crippen molar-refractivity contribution in [3.05, 3.63) is 40.5 Å². The summed E-state index contributed by atoms with van der Waals surface area (Å²) in [6.07, 6.45) is 5.00. The molecule has 0 fully saturated rings. The average Bonchev–Trinajstić information content (AvgIpc) is 2.28. The second-order valence-electron chi connectivity index (χ2n) is 4.44. The number of fused-ring (bicyclic) bond motifs is 1. The maximum absolute atomic E-state index is 8.70. The van der Waals surface area contributed by atoms with Crippen molar-refractivity contribution in [1.29, 1.82) is 5.26 Å². The van der Waals surface area contributed by atoms with Gasteiger partial charge in [0.1, 0.15) is 0 Å². The van der Waals surface area contributed by atoms with E-state index in [2.05, 4.69) is 37.3 Å². The van der Waals surface area contributed by atoms with Crippen LogP contribution < -0.4 is 5.73 Å². The number of nitriles is 1. The molecule has 1 aromatic rings. The number of hydrogen-bond acceptors (Lipinski definition) is 2. The van der Waals surface area contributed by atoms with Gasteiger partial charge in [0.15, 0.2) is 0 Å². The van der Waals surface area contributed by atoms with Crippen molar-refractivity contribution < 1.29 is 0 Å². The van der Waals surface area contributed by atoms with Crippen LogP contribution >= 0.6 is 0 Å². The summed E-state index contributed by atoms with van der Waals surface area (Å²) < 4.78 is 0. The standard InChI is InChI=1S/C14H16N2/c1-10-2-4-12-5-3-11(7-13(12)6-10)8-14(16)9-15/h2,4,6-7,14H,3,5,8,16H2,1H3. The van der Waals surface area contributed by atoms with E-state index in [-0.39, 0.29) is 6.04 Å². The van der Waals surface area contributed by atoms with Crippen LogP contribution in [0.4, 0.5) is 0 Å². The molecule has 1 aliphatic rings. The number of aryl methyl sites for hydroxylation is 2. The van der Waals surface area contributed by atoms with Gasteiger partial charge in [0, 0.05) is 0 Å². The highest BCUT2D eigenvalue weighted by Crippen LogP contribution is 2.26. The Labute approximate surface area is 96.4 Å². The van der Waals surface area contributed by atoms with Crippen LogP contribution in [0.5, 0.6) is 0 Å². The lowest BCUT2D eigenvalue weighted by Crippen LogP contribution is -2.18. The molecule has 2 heteroatoms. The maximum atomic E-state index is 8.70. The van der Waals surface area contributed by atoms with Gasteiger partial charge in [-0.2, -0.15) is 5.26 Å². The highest BCUT2D eigenvalue weighted by Gasteiger charge is 2.12.